The molecule has 132 valence electrons. The van der Waals surface area contributed by atoms with Crippen molar-refractivity contribution in [2.75, 3.05) is 26.7 Å². The van der Waals surface area contributed by atoms with E-state index in [1.54, 1.807) is 0 Å². The number of nitrogens with zero attached hydrogens (tertiary/aromatic N) is 2. The monoisotopic (exact) mass is 392 g/mol. The van der Waals surface area contributed by atoms with Gasteiger partial charge in [0.25, 0.3) is 0 Å². The molecule has 5 heteroatoms. The summed E-state index contributed by atoms with van der Waals surface area (Å²) >= 11 is 3.50. The highest BCUT2D eigenvalue weighted by atomic mass is 79.9. The number of nitrogens with one attached hydrogen (secondary N) is 2. The average Bonchev–Trinajstić information content (AvgIpc) is 3.42. The Bertz CT molecular complexity index is 531. The molecule has 2 fully saturated rings. The lowest BCUT2D eigenvalue weighted by Gasteiger charge is -2.33. The van der Waals surface area contributed by atoms with E-state index in [1.165, 1.54) is 37.7 Å². The Kier molecular flexibility index (Phi) is 6.55. The first-order valence-corrected chi connectivity index (χ1v) is 9.96. The molecule has 24 heavy (non-hydrogen) atoms. The Balaban J connectivity index is 1.36. The molecule has 0 bridgehead atoms. The minimum Gasteiger partial charge on any atom is -0.356 e. The summed E-state index contributed by atoms with van der Waals surface area (Å²) in [7, 11) is 1.87. The van der Waals surface area contributed by atoms with Crippen molar-refractivity contribution < 1.29 is 0 Å². The summed E-state index contributed by atoms with van der Waals surface area (Å²) in [6.45, 7) is 4.39. The maximum Gasteiger partial charge on any atom is 0.191 e. The van der Waals surface area contributed by atoms with Gasteiger partial charge in [0.1, 0.15) is 0 Å². The summed E-state index contributed by atoms with van der Waals surface area (Å²) < 4.78 is 1.15. The van der Waals surface area contributed by atoms with Gasteiger partial charge < -0.3 is 10.6 Å². The molecule has 0 amide bonds. The van der Waals surface area contributed by atoms with Crippen LogP contribution in [0.15, 0.2) is 33.7 Å². The zero-order valence-electron chi connectivity index (χ0n) is 14.6. The van der Waals surface area contributed by atoms with E-state index in [4.69, 9.17) is 0 Å². The SMILES string of the molecule is CN=C(NCCC1CC1)NC1CCN(Cc2ccc(Br)cc2)CC1. The second-order valence-electron chi connectivity index (χ2n) is 7.05. The van der Waals surface area contributed by atoms with E-state index < -0.39 is 0 Å². The molecule has 1 aliphatic carbocycles. The molecule has 0 unspecified atom stereocenters. The van der Waals surface area contributed by atoms with E-state index >= 15 is 0 Å². The summed E-state index contributed by atoms with van der Waals surface area (Å²) in [6.07, 6.45) is 6.49. The minimum absolute atomic E-state index is 0.540. The number of likely N-dealkylation sites (tertiary alicyclic amines) is 1. The highest BCUT2D eigenvalue weighted by Crippen LogP contribution is 2.31. The lowest BCUT2D eigenvalue weighted by Crippen LogP contribution is -2.48. The Hall–Kier alpha value is -1.07. The van der Waals surface area contributed by atoms with E-state index in [9.17, 15) is 0 Å². The molecule has 0 radical (unpaired) electrons. The van der Waals surface area contributed by atoms with Gasteiger partial charge in [-0.3, -0.25) is 9.89 Å². The maximum atomic E-state index is 4.37. The lowest BCUT2D eigenvalue weighted by molar-refractivity contribution is 0.198. The smallest absolute Gasteiger partial charge is 0.191 e. The van der Waals surface area contributed by atoms with Crippen LogP contribution in [0.2, 0.25) is 0 Å². The molecule has 1 aliphatic heterocycles. The van der Waals surface area contributed by atoms with Gasteiger partial charge in [0, 0.05) is 43.7 Å². The highest BCUT2D eigenvalue weighted by molar-refractivity contribution is 9.10. The fourth-order valence-electron chi connectivity index (χ4n) is 3.27. The summed E-state index contributed by atoms with van der Waals surface area (Å²) in [4.78, 5) is 6.92. The number of aliphatic imine (C=N–C) groups is 1. The largest absolute Gasteiger partial charge is 0.356 e. The molecule has 0 spiro atoms. The molecule has 1 aromatic carbocycles. The Morgan fingerprint density at radius 2 is 1.88 bits per heavy atom. The molecule has 0 atom stereocenters. The zero-order valence-corrected chi connectivity index (χ0v) is 16.2. The number of guanidine groups is 1. The van der Waals surface area contributed by atoms with Gasteiger partial charge in [0.15, 0.2) is 5.96 Å². The highest BCUT2D eigenvalue weighted by Gasteiger charge is 2.22. The van der Waals surface area contributed by atoms with Crippen LogP contribution in [0.1, 0.15) is 37.7 Å². The van der Waals surface area contributed by atoms with Gasteiger partial charge in [-0.05, 0) is 42.9 Å². The second kappa shape index (κ2) is 8.86. The van der Waals surface area contributed by atoms with Crippen LogP contribution in [0.4, 0.5) is 0 Å². The van der Waals surface area contributed by atoms with Crippen molar-refractivity contribution in [1.82, 2.24) is 15.5 Å². The van der Waals surface area contributed by atoms with Gasteiger partial charge in [-0.1, -0.05) is 40.9 Å². The summed E-state index contributed by atoms with van der Waals surface area (Å²) in [5.74, 6) is 1.94. The van der Waals surface area contributed by atoms with Gasteiger partial charge >= 0.3 is 0 Å². The molecular formula is C19H29BrN4. The molecule has 2 aliphatic rings. The average molecular weight is 393 g/mol. The molecule has 0 aromatic heterocycles. The molecule has 3 rings (SSSR count). The Morgan fingerprint density at radius 1 is 1.17 bits per heavy atom. The third-order valence-corrected chi connectivity index (χ3v) is 5.54. The van der Waals surface area contributed by atoms with Crippen LogP contribution in [-0.4, -0.2) is 43.6 Å². The minimum atomic E-state index is 0.540. The van der Waals surface area contributed by atoms with Crippen molar-refractivity contribution in [3.8, 4) is 0 Å². The molecule has 1 aromatic rings. The first-order chi connectivity index (χ1) is 11.7. The third-order valence-electron chi connectivity index (χ3n) is 5.01. The zero-order chi connectivity index (χ0) is 16.8. The third kappa shape index (κ3) is 5.78. The van der Waals surface area contributed by atoms with Crippen LogP contribution in [0.3, 0.4) is 0 Å². The second-order valence-corrected chi connectivity index (χ2v) is 7.97. The van der Waals surface area contributed by atoms with Crippen LogP contribution >= 0.6 is 15.9 Å². The molecule has 4 nitrogen and oxygen atoms in total. The lowest BCUT2D eigenvalue weighted by atomic mass is 10.0. The summed E-state index contributed by atoms with van der Waals surface area (Å²) in [6, 6.07) is 9.21. The number of benzene rings is 1. The van der Waals surface area contributed by atoms with E-state index in [0.717, 1.165) is 42.5 Å². The maximum absolute atomic E-state index is 4.37. The molecule has 2 N–H and O–H groups in total. The van der Waals surface area contributed by atoms with E-state index in [-0.39, 0.29) is 0 Å². The molecule has 1 saturated carbocycles. The van der Waals surface area contributed by atoms with Crippen LogP contribution in [-0.2, 0) is 6.54 Å². The van der Waals surface area contributed by atoms with Crippen molar-refractivity contribution in [1.29, 1.82) is 0 Å². The number of halogens is 1. The normalized spacial score (nSPS) is 20.2. The molecular weight excluding hydrogens is 364 g/mol. The quantitative estimate of drug-likeness (QED) is 0.575. The number of rotatable bonds is 6. The summed E-state index contributed by atoms with van der Waals surface area (Å²) in [5, 5.41) is 7.06. The van der Waals surface area contributed by atoms with Gasteiger partial charge in [0.05, 0.1) is 0 Å². The Morgan fingerprint density at radius 3 is 2.50 bits per heavy atom. The van der Waals surface area contributed by atoms with Crippen LogP contribution in [0.25, 0.3) is 0 Å². The van der Waals surface area contributed by atoms with Crippen molar-refractivity contribution in [2.24, 2.45) is 10.9 Å². The van der Waals surface area contributed by atoms with E-state index in [1.807, 2.05) is 7.05 Å². The van der Waals surface area contributed by atoms with Gasteiger partial charge in [-0.25, -0.2) is 0 Å². The van der Waals surface area contributed by atoms with Gasteiger partial charge in [-0.2, -0.15) is 0 Å². The molecule has 1 heterocycles. The van der Waals surface area contributed by atoms with Crippen LogP contribution < -0.4 is 10.6 Å². The van der Waals surface area contributed by atoms with Gasteiger partial charge in [0.2, 0.25) is 0 Å². The van der Waals surface area contributed by atoms with Crippen LogP contribution in [0.5, 0.6) is 0 Å². The Labute approximate surface area is 154 Å². The fourth-order valence-corrected chi connectivity index (χ4v) is 3.54. The van der Waals surface area contributed by atoms with E-state index in [2.05, 4.69) is 60.7 Å². The molecule has 1 saturated heterocycles. The first-order valence-electron chi connectivity index (χ1n) is 9.17. The van der Waals surface area contributed by atoms with E-state index in [0.29, 0.717) is 6.04 Å². The number of hydrogen-bond acceptors (Lipinski definition) is 2. The van der Waals surface area contributed by atoms with Crippen molar-refractivity contribution >= 4 is 21.9 Å². The number of piperidine rings is 1. The van der Waals surface area contributed by atoms with Crippen molar-refractivity contribution in [3.63, 3.8) is 0 Å². The number of hydrogen-bond donors (Lipinski definition) is 2. The summed E-state index contributed by atoms with van der Waals surface area (Å²) in [5.41, 5.74) is 1.39. The van der Waals surface area contributed by atoms with Crippen molar-refractivity contribution in [3.05, 3.63) is 34.3 Å². The van der Waals surface area contributed by atoms with Crippen molar-refractivity contribution in [2.45, 2.75) is 44.7 Å². The fraction of sp³-hybridized carbons (Fsp3) is 0.632. The standard InChI is InChI=1S/C19H29BrN4/c1-21-19(22-11-8-15-2-3-15)23-18-9-12-24(13-10-18)14-16-4-6-17(20)7-5-16/h4-7,15,18H,2-3,8-14H2,1H3,(H2,21,22,23). The predicted molar refractivity (Wildman–Crippen MR) is 104 cm³/mol. The van der Waals surface area contributed by atoms with Crippen LogP contribution in [0, 0.1) is 5.92 Å². The van der Waals surface area contributed by atoms with Gasteiger partial charge in [-0.15, -0.1) is 0 Å². The topological polar surface area (TPSA) is 39.7 Å². The first kappa shape index (κ1) is 17.7. The predicted octanol–water partition coefficient (Wildman–Crippen LogP) is 3.38.